The van der Waals surface area contributed by atoms with Crippen molar-refractivity contribution in [2.24, 2.45) is 0 Å². The van der Waals surface area contributed by atoms with Gasteiger partial charge in [0.2, 0.25) is 5.83 Å². The first-order chi connectivity index (χ1) is 6.12. The van der Waals surface area contributed by atoms with Gasteiger partial charge in [0.25, 0.3) is 0 Å². The van der Waals surface area contributed by atoms with E-state index in [-0.39, 0.29) is 13.5 Å². The lowest BCUT2D eigenvalue weighted by Gasteiger charge is -2.21. The second-order valence-electron chi connectivity index (χ2n) is 2.14. The van der Waals surface area contributed by atoms with E-state index < -0.39 is 23.8 Å². The van der Waals surface area contributed by atoms with Gasteiger partial charge >= 0.3 is 18.0 Å². The second kappa shape index (κ2) is 3.31. The predicted octanol–water partition coefficient (Wildman–Crippen LogP) is 2.26. The Labute approximate surface area is 71.4 Å². The molecule has 0 aromatic heterocycles. The summed E-state index contributed by atoms with van der Waals surface area (Å²) in [6, 6.07) is 0. The van der Waals surface area contributed by atoms with Gasteiger partial charge in [0.05, 0.1) is 1.37 Å². The normalized spacial score (nSPS) is 15.2. The van der Waals surface area contributed by atoms with Crippen LogP contribution >= 0.6 is 0 Å². The molecule has 0 N–H and O–H groups in total. The molecule has 0 radical (unpaired) electrons. The molecule has 0 aliphatic heterocycles. The van der Waals surface area contributed by atoms with Crippen LogP contribution in [0.1, 0.15) is 8.29 Å². The Balaban J connectivity index is 4.62. The summed E-state index contributed by atoms with van der Waals surface area (Å²) in [6.45, 7) is -0.422. The maximum Gasteiger partial charge on any atom is 0.466 e. The molecule has 0 aliphatic rings. The maximum atomic E-state index is 12.2. The first-order valence-electron chi connectivity index (χ1n) is 3.42. The lowest BCUT2D eigenvalue weighted by atomic mass is 10.3. The molecule has 2 nitrogen and oxygen atoms in total. The van der Waals surface area contributed by atoms with E-state index in [0.29, 0.717) is 0 Å². The topological polar surface area (TPSA) is 26.3 Å². The number of alkyl halides is 4. The van der Waals surface area contributed by atoms with Crippen LogP contribution in [0.4, 0.5) is 22.0 Å². The Morgan fingerprint density at radius 1 is 1.46 bits per heavy atom. The number of carbonyl (C=O) groups is 1. The van der Waals surface area contributed by atoms with Gasteiger partial charge in [0, 0.05) is 6.92 Å². The lowest BCUT2D eigenvalue weighted by Crippen LogP contribution is -2.41. The average Bonchev–Trinajstić information content (AvgIpc) is 2.00. The molecule has 0 amide bonds. The number of ether oxygens (including phenoxy) is 1. The van der Waals surface area contributed by atoms with Gasteiger partial charge < -0.3 is 4.74 Å². The van der Waals surface area contributed by atoms with E-state index in [1.165, 1.54) is 0 Å². The van der Waals surface area contributed by atoms with Crippen molar-refractivity contribution in [1.29, 1.82) is 0 Å². The molecule has 0 aromatic carbocycles. The molecule has 0 atom stereocenters. The van der Waals surface area contributed by atoms with Crippen LogP contribution in [-0.2, 0) is 9.53 Å². The molecule has 0 saturated heterocycles. The zero-order valence-electron chi connectivity index (χ0n) is 7.28. The van der Waals surface area contributed by atoms with Gasteiger partial charge in [-0.3, -0.25) is 0 Å². The van der Waals surface area contributed by atoms with Crippen LogP contribution in [0.3, 0.4) is 0 Å². The number of rotatable bonds is 3. The number of hydrogen-bond donors (Lipinski definition) is 0. The number of hydrogen-bond acceptors (Lipinski definition) is 2. The first kappa shape index (κ1) is 9.94. The fourth-order valence-corrected chi connectivity index (χ4v) is 0.255. The maximum absolute atomic E-state index is 12.2. The van der Waals surface area contributed by atoms with E-state index in [2.05, 4.69) is 4.74 Å². The lowest BCUT2D eigenvalue weighted by molar-refractivity contribution is -0.323. The van der Waals surface area contributed by atoms with Crippen LogP contribution in [0, 0.1) is 0 Å². The Kier molecular flexibility index (Phi) is 2.53. The Morgan fingerprint density at radius 2 is 1.92 bits per heavy atom. The molecule has 0 rings (SSSR count). The molecular weight excluding hydrogens is 199 g/mol. The number of halogens is 5. The minimum atomic E-state index is -5.11. The first-order valence-corrected chi connectivity index (χ1v) is 2.85. The van der Waals surface area contributed by atoms with E-state index in [9.17, 15) is 26.7 Å². The van der Waals surface area contributed by atoms with Crippen molar-refractivity contribution in [2.75, 3.05) is 0 Å². The van der Waals surface area contributed by atoms with Gasteiger partial charge in [0.1, 0.15) is 0 Å². The van der Waals surface area contributed by atoms with Crippen LogP contribution in [0.25, 0.3) is 0 Å². The Morgan fingerprint density at radius 3 is 2.23 bits per heavy atom. The van der Waals surface area contributed by atoms with Crippen LogP contribution < -0.4 is 0 Å². The summed E-state index contributed by atoms with van der Waals surface area (Å²) < 4.78 is 69.5. The van der Waals surface area contributed by atoms with Crippen LogP contribution in [-0.4, -0.2) is 18.0 Å². The quantitative estimate of drug-likeness (QED) is 0.401. The molecule has 0 aliphatic carbocycles. The van der Waals surface area contributed by atoms with Crippen molar-refractivity contribution in [3.05, 3.63) is 12.4 Å². The number of carbonyl (C=O) groups excluding carboxylic acids is 1. The van der Waals surface area contributed by atoms with Crippen molar-refractivity contribution in [3.63, 3.8) is 0 Å². The van der Waals surface area contributed by atoms with Crippen molar-refractivity contribution in [2.45, 2.75) is 19.0 Å². The minimum Gasteiger partial charge on any atom is -0.391 e. The SMILES string of the molecule is [2H]/C=C(\F)C(=O)OC(F)(F)C(C)(F)F. The van der Waals surface area contributed by atoms with Gasteiger partial charge in [-0.2, -0.15) is 22.0 Å². The van der Waals surface area contributed by atoms with Crippen molar-refractivity contribution < 1.29 is 32.9 Å². The Bertz CT molecular complexity index is 257. The van der Waals surface area contributed by atoms with E-state index in [0.717, 1.165) is 0 Å². The summed E-state index contributed by atoms with van der Waals surface area (Å²) in [7, 11) is 0. The van der Waals surface area contributed by atoms with Gasteiger partial charge in [-0.1, -0.05) is 6.55 Å². The molecule has 0 unspecified atom stereocenters. The summed E-state index contributed by atoms with van der Waals surface area (Å²) >= 11 is 0. The van der Waals surface area contributed by atoms with E-state index >= 15 is 0 Å². The standard InChI is InChI=1S/C6H5F5O2/c1-3(7)4(12)13-6(10,11)5(2,8)9/h1H2,2H3/i1D/b3-1-. The van der Waals surface area contributed by atoms with E-state index in [4.69, 9.17) is 1.37 Å². The highest BCUT2D eigenvalue weighted by atomic mass is 19.3. The van der Waals surface area contributed by atoms with E-state index in [1.807, 2.05) is 0 Å². The molecule has 13 heavy (non-hydrogen) atoms. The predicted molar refractivity (Wildman–Crippen MR) is 31.9 cm³/mol. The zero-order chi connectivity index (χ0) is 11.6. The fourth-order valence-electron chi connectivity index (χ4n) is 0.255. The summed E-state index contributed by atoms with van der Waals surface area (Å²) in [5, 5.41) is 0. The summed E-state index contributed by atoms with van der Waals surface area (Å²) in [5.74, 6) is -8.93. The van der Waals surface area contributed by atoms with Gasteiger partial charge in [-0.05, 0) is 0 Å². The highest BCUT2D eigenvalue weighted by Gasteiger charge is 2.56. The molecule has 7 heteroatoms. The summed E-state index contributed by atoms with van der Waals surface area (Å²) in [4.78, 5) is 10.2. The third-order valence-electron chi connectivity index (χ3n) is 0.927. The van der Waals surface area contributed by atoms with Crippen LogP contribution in [0.2, 0.25) is 0 Å². The van der Waals surface area contributed by atoms with Crippen molar-refractivity contribution in [3.8, 4) is 0 Å². The highest BCUT2D eigenvalue weighted by molar-refractivity contribution is 5.85. The fraction of sp³-hybridized carbons (Fsp3) is 0.500. The highest BCUT2D eigenvalue weighted by Crippen LogP contribution is 2.35. The largest absolute Gasteiger partial charge is 0.466 e. The average molecular weight is 205 g/mol. The third kappa shape index (κ3) is 3.00. The molecule has 0 heterocycles. The van der Waals surface area contributed by atoms with Gasteiger partial charge in [0.15, 0.2) is 0 Å². The van der Waals surface area contributed by atoms with Crippen LogP contribution in [0.15, 0.2) is 12.4 Å². The molecule has 0 fully saturated rings. The van der Waals surface area contributed by atoms with Gasteiger partial charge in [-0.25, -0.2) is 4.79 Å². The molecular formula is C6H5F5O2. The second-order valence-corrected chi connectivity index (χ2v) is 2.14. The molecule has 76 valence electrons. The van der Waals surface area contributed by atoms with E-state index in [1.54, 1.807) is 0 Å². The van der Waals surface area contributed by atoms with Crippen LogP contribution in [0.5, 0.6) is 0 Å². The summed E-state index contributed by atoms with van der Waals surface area (Å²) in [6.07, 6.45) is -5.11. The minimum absolute atomic E-state index is 0.192. The number of esters is 1. The van der Waals surface area contributed by atoms with Crippen molar-refractivity contribution in [1.82, 2.24) is 0 Å². The smallest absolute Gasteiger partial charge is 0.391 e. The monoisotopic (exact) mass is 205 g/mol. The molecule has 0 spiro atoms. The van der Waals surface area contributed by atoms with Gasteiger partial charge in [-0.15, -0.1) is 0 Å². The Hall–Kier alpha value is -1.14. The molecule has 0 bridgehead atoms. The zero-order valence-corrected chi connectivity index (χ0v) is 6.28. The third-order valence-corrected chi connectivity index (χ3v) is 0.927. The summed E-state index contributed by atoms with van der Waals surface area (Å²) in [5.41, 5.74) is 0. The molecule has 0 aromatic rings. The van der Waals surface area contributed by atoms with Crippen molar-refractivity contribution >= 4 is 5.97 Å². The molecule has 0 saturated carbocycles.